The van der Waals surface area contributed by atoms with Gasteiger partial charge >= 0.3 is 24.0 Å². The second kappa shape index (κ2) is 10.4. The van der Waals surface area contributed by atoms with Gasteiger partial charge in [0, 0.05) is 18.3 Å². The summed E-state index contributed by atoms with van der Waals surface area (Å²) in [7, 11) is -4.66. The van der Waals surface area contributed by atoms with Crippen molar-refractivity contribution in [1.29, 1.82) is 0 Å². The lowest BCUT2D eigenvalue weighted by Gasteiger charge is -2.44. The van der Waals surface area contributed by atoms with Crippen LogP contribution in [0.5, 0.6) is 0 Å². The van der Waals surface area contributed by atoms with E-state index in [1.165, 1.54) is 12.1 Å². The third kappa shape index (κ3) is 4.57. The van der Waals surface area contributed by atoms with Gasteiger partial charge in [0.25, 0.3) is 5.91 Å². The number of fused-ring (bicyclic) bond motifs is 3. The highest BCUT2D eigenvalue weighted by Crippen LogP contribution is 2.57. The van der Waals surface area contributed by atoms with E-state index in [2.05, 4.69) is 4.98 Å². The number of rotatable bonds is 5. The van der Waals surface area contributed by atoms with Gasteiger partial charge < -0.3 is 10.0 Å². The molecule has 240 valence electrons. The van der Waals surface area contributed by atoms with Crippen molar-refractivity contribution in [1.82, 2.24) is 9.88 Å². The van der Waals surface area contributed by atoms with E-state index in [-0.39, 0.29) is 49.4 Å². The van der Waals surface area contributed by atoms with E-state index in [9.17, 15) is 53.8 Å². The average molecular weight is 655 g/mol. The van der Waals surface area contributed by atoms with Crippen LogP contribution in [0.3, 0.4) is 0 Å². The summed E-state index contributed by atoms with van der Waals surface area (Å²) in [5.41, 5.74) is -10.5. The minimum Gasteiger partial charge on any atom is -0.481 e. The number of hydrogen-bond acceptors (Lipinski definition) is 5. The van der Waals surface area contributed by atoms with Crippen LogP contribution in [0.4, 0.5) is 35.1 Å². The number of carbonyl (C=O) groups is 2. The zero-order valence-electron chi connectivity index (χ0n) is 22.8. The quantitative estimate of drug-likeness (QED) is 0.423. The van der Waals surface area contributed by atoms with Crippen LogP contribution in [0, 0.1) is 5.92 Å². The van der Waals surface area contributed by atoms with E-state index in [1.54, 1.807) is 0 Å². The molecule has 2 unspecified atom stereocenters. The van der Waals surface area contributed by atoms with Crippen molar-refractivity contribution in [2.24, 2.45) is 5.92 Å². The van der Waals surface area contributed by atoms with E-state index >= 15 is 4.39 Å². The van der Waals surface area contributed by atoms with Crippen LogP contribution in [0.25, 0.3) is 0 Å². The summed E-state index contributed by atoms with van der Waals surface area (Å²) in [5.74, 6) is -3.07. The van der Waals surface area contributed by atoms with E-state index in [1.807, 2.05) is 0 Å². The molecular formula is C28H26F8N2O5S. The number of alkyl halides is 8. The van der Waals surface area contributed by atoms with Crippen LogP contribution in [-0.4, -0.2) is 65.9 Å². The summed E-state index contributed by atoms with van der Waals surface area (Å²) >= 11 is 0. The molecule has 1 N–H and O–H groups in total. The summed E-state index contributed by atoms with van der Waals surface area (Å²) in [5, 5.41) is 8.77. The Bertz CT molecular complexity index is 1560. The lowest BCUT2D eigenvalue weighted by atomic mass is 9.76. The molecule has 0 bridgehead atoms. The molecule has 3 aliphatic rings. The monoisotopic (exact) mass is 654 g/mol. The first-order valence-corrected chi connectivity index (χ1v) is 15.1. The third-order valence-electron chi connectivity index (χ3n) is 9.23. The van der Waals surface area contributed by atoms with E-state index < -0.39 is 92.0 Å². The molecule has 0 spiro atoms. The number of carboxylic acid groups (broad SMARTS) is 1. The lowest BCUT2D eigenvalue weighted by molar-refractivity contribution is -0.348. The maximum atomic E-state index is 16.1. The molecule has 2 aliphatic carbocycles. The molecule has 1 aromatic heterocycles. The van der Waals surface area contributed by atoms with Crippen LogP contribution < -0.4 is 0 Å². The molecule has 44 heavy (non-hydrogen) atoms. The number of aromatic nitrogens is 1. The first-order chi connectivity index (χ1) is 20.3. The maximum Gasteiger partial charge on any atom is 0.435 e. The summed E-state index contributed by atoms with van der Waals surface area (Å²) in [6.45, 7) is -0.330. The van der Waals surface area contributed by atoms with Crippen LogP contribution in [0.2, 0.25) is 0 Å². The van der Waals surface area contributed by atoms with Crippen LogP contribution in [0.1, 0.15) is 55.2 Å². The number of amides is 1. The predicted molar refractivity (Wildman–Crippen MR) is 136 cm³/mol. The van der Waals surface area contributed by atoms with Gasteiger partial charge in [-0.1, -0.05) is 24.3 Å². The molecule has 2 fully saturated rings. The Balaban J connectivity index is 1.63. The van der Waals surface area contributed by atoms with Crippen LogP contribution >= 0.6 is 0 Å². The van der Waals surface area contributed by atoms with Gasteiger partial charge in [-0.3, -0.25) is 9.59 Å². The largest absolute Gasteiger partial charge is 0.481 e. The van der Waals surface area contributed by atoms with E-state index in [0.29, 0.717) is 12.1 Å². The minimum atomic E-state index is -6.39. The highest BCUT2D eigenvalue weighted by molar-refractivity contribution is 7.92. The Morgan fingerprint density at radius 1 is 0.932 bits per heavy atom. The number of carbonyl (C=O) groups excluding carboxylic acids is 1. The van der Waals surface area contributed by atoms with Crippen molar-refractivity contribution >= 4 is 21.7 Å². The smallest absolute Gasteiger partial charge is 0.435 e. The summed E-state index contributed by atoms with van der Waals surface area (Å²) < 4.78 is 139. The number of sulfone groups is 1. The van der Waals surface area contributed by atoms with Gasteiger partial charge in [0.15, 0.2) is 10.7 Å². The normalized spacial score (nSPS) is 27.9. The number of aryl methyl sites for hydroxylation is 1. The maximum absolute atomic E-state index is 16.1. The zero-order chi connectivity index (χ0) is 32.5. The molecule has 1 aliphatic heterocycles. The number of nitrogens with zero attached hydrogens (tertiary/aromatic N) is 2. The standard InChI is InChI=1S/C28H26F8N2O5S/c29-24(10-8-16(9-11-24)22(39)40)23(41)38-14-12-25(44(42,43)21-3-1-2-13-37-21)19-6-5-18(15-17(19)4-7-20(25)38)26(30,27(31,32)33)28(34,35)36/h1-3,5-6,13,15-16,20H,4,7-12,14H2,(H,39,40)/t16-,20?,24+,25?. The number of aliphatic carboxylic acids is 1. The molecular weight excluding hydrogens is 628 g/mol. The van der Waals surface area contributed by atoms with Crippen molar-refractivity contribution in [3.05, 3.63) is 59.3 Å². The lowest BCUT2D eigenvalue weighted by Crippen LogP contribution is -2.56. The molecule has 1 aromatic carbocycles. The first kappa shape index (κ1) is 32.1. The fourth-order valence-corrected chi connectivity index (χ4v) is 9.24. The van der Waals surface area contributed by atoms with Gasteiger partial charge in [-0.15, -0.1) is 0 Å². The van der Waals surface area contributed by atoms with Crippen molar-refractivity contribution in [2.45, 2.75) is 84.5 Å². The van der Waals surface area contributed by atoms with Crippen molar-refractivity contribution in [3.8, 4) is 0 Å². The Kier molecular flexibility index (Phi) is 7.57. The molecule has 7 nitrogen and oxygen atoms in total. The Morgan fingerprint density at radius 3 is 2.11 bits per heavy atom. The van der Waals surface area contributed by atoms with Crippen LogP contribution in [-0.2, 0) is 36.3 Å². The molecule has 1 amide bonds. The van der Waals surface area contributed by atoms with Crippen molar-refractivity contribution in [2.75, 3.05) is 6.54 Å². The molecule has 2 atom stereocenters. The molecule has 5 rings (SSSR count). The van der Waals surface area contributed by atoms with Gasteiger partial charge in [0.05, 0.1) is 12.0 Å². The van der Waals surface area contributed by atoms with Gasteiger partial charge in [-0.25, -0.2) is 22.2 Å². The predicted octanol–water partition coefficient (Wildman–Crippen LogP) is 5.57. The van der Waals surface area contributed by atoms with Gasteiger partial charge in [0.2, 0.25) is 9.84 Å². The number of halogens is 8. The Labute approximate surface area is 246 Å². The Hall–Kier alpha value is -3.30. The number of hydrogen-bond donors (Lipinski definition) is 1. The van der Waals surface area contributed by atoms with Crippen molar-refractivity contribution < 1.29 is 58.2 Å². The summed E-state index contributed by atoms with van der Waals surface area (Å²) in [6.07, 6.45) is -13.8. The minimum absolute atomic E-state index is 0.136. The fourth-order valence-electron chi connectivity index (χ4n) is 6.96. The highest BCUT2D eigenvalue weighted by Gasteiger charge is 2.74. The molecule has 1 saturated carbocycles. The molecule has 0 radical (unpaired) electrons. The Morgan fingerprint density at radius 2 is 1.57 bits per heavy atom. The number of pyridine rings is 1. The topological polar surface area (TPSA) is 105 Å². The molecule has 1 saturated heterocycles. The summed E-state index contributed by atoms with van der Waals surface area (Å²) in [4.78, 5) is 29.9. The number of carboxylic acids is 1. The zero-order valence-corrected chi connectivity index (χ0v) is 23.6. The average Bonchev–Trinajstić information content (AvgIpc) is 3.37. The third-order valence-corrected chi connectivity index (χ3v) is 11.7. The first-order valence-electron chi connectivity index (χ1n) is 13.7. The molecule has 16 heteroatoms. The number of benzene rings is 1. The fraction of sp³-hybridized carbons (Fsp3) is 0.536. The van der Waals surface area contributed by atoms with E-state index in [0.717, 1.165) is 17.2 Å². The van der Waals surface area contributed by atoms with Gasteiger partial charge in [-0.2, -0.15) is 26.3 Å². The van der Waals surface area contributed by atoms with Gasteiger partial charge in [0.1, 0.15) is 4.75 Å². The second-order valence-electron chi connectivity index (χ2n) is 11.5. The van der Waals surface area contributed by atoms with Gasteiger partial charge in [-0.05, 0) is 68.2 Å². The van der Waals surface area contributed by atoms with E-state index in [4.69, 9.17) is 0 Å². The number of likely N-dealkylation sites (tertiary alicyclic amines) is 1. The second-order valence-corrected chi connectivity index (χ2v) is 13.6. The SMILES string of the molecule is O=C(O)[C@H]1CC[C@](F)(C(=O)N2CCC3(S(=O)(=O)c4ccccn4)c4ccc(C(F)(C(F)(F)F)C(F)(F)F)cc4CCC23)CC1. The van der Waals surface area contributed by atoms with Crippen molar-refractivity contribution in [3.63, 3.8) is 0 Å². The molecule has 2 heterocycles. The summed E-state index contributed by atoms with van der Waals surface area (Å²) in [6, 6.07) is 3.90. The molecule has 2 aromatic rings. The van der Waals surface area contributed by atoms with Crippen LogP contribution in [0.15, 0.2) is 47.6 Å². The highest BCUT2D eigenvalue weighted by atomic mass is 32.2.